The number of aliphatic hydroxyl groups is 2. The minimum Gasteiger partial charge on any atom is -0.394 e. The van der Waals surface area contributed by atoms with Crippen LogP contribution in [0.4, 0.5) is 0 Å². The topological polar surface area (TPSA) is 65.4 Å². The summed E-state index contributed by atoms with van der Waals surface area (Å²) in [5, 5.41) is 22.6. The van der Waals surface area contributed by atoms with E-state index in [-0.39, 0.29) is 18.6 Å². The summed E-state index contributed by atoms with van der Waals surface area (Å²) in [5.41, 5.74) is -0.563. The predicted molar refractivity (Wildman–Crippen MR) is 70.2 cm³/mol. The second-order valence-corrected chi connectivity index (χ2v) is 6.73. The van der Waals surface area contributed by atoms with E-state index in [4.69, 9.17) is 10.2 Å². The summed E-state index contributed by atoms with van der Waals surface area (Å²) < 4.78 is 0. The zero-order chi connectivity index (χ0) is 13.1. The van der Waals surface area contributed by atoms with Crippen molar-refractivity contribution in [2.45, 2.75) is 45.2 Å². The molecule has 0 aromatic carbocycles. The largest absolute Gasteiger partial charge is 0.394 e. The number of hydrogen-bond acceptors (Lipinski definition) is 5. The van der Waals surface area contributed by atoms with Crippen molar-refractivity contribution in [2.75, 3.05) is 13.2 Å². The minimum absolute atomic E-state index is 0.0696. The maximum Gasteiger partial charge on any atom is 0.0981 e. The molecule has 0 saturated heterocycles. The van der Waals surface area contributed by atoms with E-state index >= 15 is 0 Å². The quantitative estimate of drug-likeness (QED) is 0.744. The Hall–Kier alpha value is -0.490. The van der Waals surface area contributed by atoms with Crippen LogP contribution in [0, 0.1) is 0 Å². The van der Waals surface area contributed by atoms with Crippen LogP contribution in [0.1, 0.15) is 37.6 Å². The van der Waals surface area contributed by atoms with Crippen molar-refractivity contribution >= 4 is 11.3 Å². The first-order valence-electron chi connectivity index (χ1n) is 5.73. The molecule has 0 atom stereocenters. The van der Waals surface area contributed by atoms with Crippen LogP contribution < -0.4 is 5.32 Å². The van der Waals surface area contributed by atoms with E-state index in [1.54, 1.807) is 18.3 Å². The maximum atomic E-state index is 9.16. The fraction of sp³-hybridized carbons (Fsp3) is 0.750. The van der Waals surface area contributed by atoms with Crippen molar-refractivity contribution < 1.29 is 10.2 Å². The van der Waals surface area contributed by atoms with Crippen LogP contribution in [0.25, 0.3) is 0 Å². The summed E-state index contributed by atoms with van der Waals surface area (Å²) >= 11 is 1.66. The van der Waals surface area contributed by atoms with Crippen molar-refractivity contribution in [3.05, 3.63) is 16.1 Å². The highest BCUT2D eigenvalue weighted by Crippen LogP contribution is 2.26. The summed E-state index contributed by atoms with van der Waals surface area (Å²) in [6.45, 7) is 8.63. The van der Waals surface area contributed by atoms with Crippen LogP contribution in [-0.4, -0.2) is 33.9 Å². The van der Waals surface area contributed by atoms with E-state index < -0.39 is 5.54 Å². The number of nitrogens with one attached hydrogen (secondary N) is 1. The van der Waals surface area contributed by atoms with Crippen molar-refractivity contribution in [3.8, 4) is 0 Å². The fourth-order valence-electron chi connectivity index (χ4n) is 1.20. The molecule has 1 heterocycles. The van der Waals surface area contributed by atoms with Gasteiger partial charge < -0.3 is 15.5 Å². The van der Waals surface area contributed by atoms with Gasteiger partial charge in [-0.1, -0.05) is 20.8 Å². The van der Waals surface area contributed by atoms with E-state index in [1.807, 2.05) is 6.20 Å². The Balaban J connectivity index is 2.62. The van der Waals surface area contributed by atoms with Gasteiger partial charge >= 0.3 is 0 Å². The Morgan fingerprint density at radius 1 is 1.24 bits per heavy atom. The highest BCUT2D eigenvalue weighted by atomic mass is 32.1. The molecule has 0 aliphatic carbocycles. The number of nitrogens with zero attached hydrogens (tertiary/aromatic N) is 1. The Morgan fingerprint density at radius 2 is 1.82 bits per heavy atom. The molecule has 0 aliphatic heterocycles. The van der Waals surface area contributed by atoms with Crippen molar-refractivity contribution in [3.63, 3.8) is 0 Å². The van der Waals surface area contributed by atoms with Gasteiger partial charge in [0.1, 0.15) is 0 Å². The van der Waals surface area contributed by atoms with E-state index in [1.165, 1.54) is 0 Å². The van der Waals surface area contributed by atoms with Gasteiger partial charge in [-0.3, -0.25) is 0 Å². The molecule has 0 fully saturated rings. The Kier molecular flexibility index (Phi) is 4.66. The number of thiazole rings is 1. The molecular weight excluding hydrogens is 236 g/mol. The minimum atomic E-state index is -0.633. The lowest BCUT2D eigenvalue weighted by atomic mass is 9.98. The highest BCUT2D eigenvalue weighted by molar-refractivity contribution is 7.11. The van der Waals surface area contributed by atoms with Gasteiger partial charge in [-0.25, -0.2) is 4.98 Å². The van der Waals surface area contributed by atoms with Gasteiger partial charge in [0.2, 0.25) is 0 Å². The summed E-state index contributed by atoms with van der Waals surface area (Å²) in [7, 11) is 0. The molecule has 4 nitrogen and oxygen atoms in total. The standard InChI is InChI=1S/C12H22N2O2S/c1-11(2,3)10-13-5-9(17-10)6-14-12(4,7-15)8-16/h5,14-16H,6-8H2,1-4H3. The average Bonchev–Trinajstić information content (AvgIpc) is 2.74. The molecule has 17 heavy (non-hydrogen) atoms. The van der Waals surface area contributed by atoms with Crippen LogP contribution >= 0.6 is 11.3 Å². The monoisotopic (exact) mass is 258 g/mol. The smallest absolute Gasteiger partial charge is 0.0981 e. The van der Waals surface area contributed by atoms with Gasteiger partial charge in [0, 0.05) is 23.0 Å². The molecule has 0 amide bonds. The van der Waals surface area contributed by atoms with Crippen molar-refractivity contribution in [1.29, 1.82) is 0 Å². The maximum absolute atomic E-state index is 9.16. The molecule has 3 N–H and O–H groups in total. The number of aromatic nitrogens is 1. The molecule has 0 radical (unpaired) electrons. The summed E-state index contributed by atoms with van der Waals surface area (Å²) in [4.78, 5) is 5.51. The van der Waals surface area contributed by atoms with Crippen LogP contribution in [-0.2, 0) is 12.0 Å². The summed E-state index contributed by atoms with van der Waals surface area (Å²) in [5.74, 6) is 0. The molecule has 1 rings (SSSR count). The molecule has 0 unspecified atom stereocenters. The fourth-order valence-corrected chi connectivity index (χ4v) is 2.11. The summed E-state index contributed by atoms with van der Waals surface area (Å²) in [6.07, 6.45) is 1.85. The van der Waals surface area contributed by atoms with Crippen LogP contribution in [0.5, 0.6) is 0 Å². The van der Waals surface area contributed by atoms with Gasteiger partial charge in [-0.2, -0.15) is 0 Å². The Bertz CT molecular complexity index is 354. The van der Waals surface area contributed by atoms with Gasteiger partial charge in [0.25, 0.3) is 0 Å². The average molecular weight is 258 g/mol. The van der Waals surface area contributed by atoms with Gasteiger partial charge in [0.15, 0.2) is 0 Å². The zero-order valence-electron chi connectivity index (χ0n) is 10.9. The third-order valence-electron chi connectivity index (χ3n) is 2.58. The molecule has 0 spiro atoms. The first kappa shape index (κ1) is 14.6. The summed E-state index contributed by atoms with van der Waals surface area (Å²) in [6, 6.07) is 0. The van der Waals surface area contributed by atoms with E-state index in [9.17, 15) is 0 Å². The van der Waals surface area contributed by atoms with Gasteiger partial charge in [-0.15, -0.1) is 11.3 Å². The lowest BCUT2D eigenvalue weighted by Gasteiger charge is -2.25. The Morgan fingerprint density at radius 3 is 2.24 bits per heavy atom. The van der Waals surface area contributed by atoms with Crippen LogP contribution in [0.3, 0.4) is 0 Å². The first-order chi connectivity index (χ1) is 7.80. The second kappa shape index (κ2) is 5.44. The third-order valence-corrected chi connectivity index (χ3v) is 4.01. The van der Waals surface area contributed by atoms with Crippen molar-refractivity contribution in [1.82, 2.24) is 10.3 Å². The molecule has 1 aromatic rings. The van der Waals surface area contributed by atoms with E-state index in [0.29, 0.717) is 6.54 Å². The van der Waals surface area contributed by atoms with Crippen molar-refractivity contribution in [2.24, 2.45) is 0 Å². The predicted octanol–water partition coefficient (Wildman–Crippen LogP) is 1.27. The normalized spacial score (nSPS) is 13.1. The third kappa shape index (κ3) is 4.03. The van der Waals surface area contributed by atoms with Gasteiger partial charge in [-0.05, 0) is 6.92 Å². The number of rotatable bonds is 5. The number of hydrogen-bond donors (Lipinski definition) is 3. The van der Waals surface area contributed by atoms with E-state index in [0.717, 1.165) is 9.88 Å². The number of aliphatic hydroxyl groups excluding tert-OH is 2. The molecule has 5 heteroatoms. The molecule has 0 saturated carbocycles. The SMILES string of the molecule is CC(CO)(CO)NCc1cnc(C(C)(C)C)s1. The highest BCUT2D eigenvalue weighted by Gasteiger charge is 2.22. The van der Waals surface area contributed by atoms with E-state index in [2.05, 4.69) is 31.1 Å². The lowest BCUT2D eigenvalue weighted by Crippen LogP contribution is -2.48. The zero-order valence-corrected chi connectivity index (χ0v) is 11.8. The molecule has 0 aliphatic rings. The second-order valence-electron chi connectivity index (χ2n) is 5.61. The molecule has 1 aromatic heterocycles. The molecule has 0 bridgehead atoms. The molecule has 98 valence electrons. The molecular formula is C12H22N2O2S. The van der Waals surface area contributed by atoms with Crippen LogP contribution in [0.15, 0.2) is 6.20 Å². The lowest BCUT2D eigenvalue weighted by molar-refractivity contribution is 0.103. The van der Waals surface area contributed by atoms with Crippen LogP contribution in [0.2, 0.25) is 0 Å². The van der Waals surface area contributed by atoms with Gasteiger partial charge in [0.05, 0.1) is 23.8 Å². The Labute approximate surface area is 107 Å². The first-order valence-corrected chi connectivity index (χ1v) is 6.54.